The van der Waals surface area contributed by atoms with Gasteiger partial charge in [0, 0.05) is 37.8 Å². The van der Waals surface area contributed by atoms with Gasteiger partial charge in [-0.25, -0.2) is 4.98 Å². The summed E-state index contributed by atoms with van der Waals surface area (Å²) in [5, 5.41) is 8.30. The van der Waals surface area contributed by atoms with Crippen LogP contribution in [0.25, 0.3) is 16.7 Å². The van der Waals surface area contributed by atoms with Crippen molar-refractivity contribution in [2.24, 2.45) is 0 Å². The molecule has 0 radical (unpaired) electrons. The molecule has 1 saturated carbocycles. The van der Waals surface area contributed by atoms with Gasteiger partial charge in [-0.3, -0.25) is 0 Å². The van der Waals surface area contributed by atoms with Crippen molar-refractivity contribution in [2.45, 2.75) is 58.2 Å². The molecule has 1 aliphatic carbocycles. The van der Waals surface area contributed by atoms with Crippen LogP contribution in [-0.2, 0) is 6.54 Å². The molecule has 1 aromatic carbocycles. The molecule has 33 heavy (non-hydrogen) atoms. The van der Waals surface area contributed by atoms with Crippen LogP contribution >= 0.6 is 0 Å². The smallest absolute Gasteiger partial charge is 0.232 e. The molecule has 2 unspecified atom stereocenters. The number of H-pyrrole nitrogens is 1. The lowest BCUT2D eigenvalue weighted by molar-refractivity contribution is 0.403. The predicted octanol–water partition coefficient (Wildman–Crippen LogP) is 3.01. The first-order valence-electron chi connectivity index (χ1n) is 11.9. The zero-order chi connectivity index (χ0) is 22.7. The van der Waals surface area contributed by atoms with Crippen LogP contribution in [0, 0.1) is 6.92 Å². The molecule has 0 bridgehead atoms. The number of hydrogen-bond donors (Lipinski definition) is 2. The topological polar surface area (TPSA) is 90.3 Å². The molecule has 3 aromatic heterocycles. The van der Waals surface area contributed by atoms with Gasteiger partial charge in [-0.2, -0.15) is 19.6 Å². The molecule has 2 aliphatic rings. The molecule has 1 saturated heterocycles. The fourth-order valence-electron chi connectivity index (χ4n) is 4.98. The predicted molar refractivity (Wildman–Crippen MR) is 130 cm³/mol. The van der Waals surface area contributed by atoms with E-state index in [1.807, 2.05) is 17.8 Å². The lowest BCUT2D eigenvalue weighted by atomic mass is 10.1. The number of piperazine rings is 1. The number of anilines is 2. The number of rotatable bonds is 5. The maximum Gasteiger partial charge on any atom is 0.232 e. The first kappa shape index (κ1) is 20.4. The first-order chi connectivity index (χ1) is 15.9. The lowest BCUT2D eigenvalue weighted by Gasteiger charge is -2.36. The third kappa shape index (κ3) is 3.80. The van der Waals surface area contributed by atoms with Crippen LogP contribution in [0.1, 0.15) is 49.6 Å². The number of nitrogens with zero attached hydrogens (tertiary/aromatic N) is 7. The summed E-state index contributed by atoms with van der Waals surface area (Å²) in [5.74, 6) is 3.05. The van der Waals surface area contributed by atoms with Crippen LogP contribution in [0.4, 0.5) is 11.9 Å². The van der Waals surface area contributed by atoms with Gasteiger partial charge in [0.1, 0.15) is 5.82 Å². The van der Waals surface area contributed by atoms with Gasteiger partial charge in [-0.05, 0) is 57.2 Å². The molecule has 0 spiro atoms. The van der Waals surface area contributed by atoms with Crippen molar-refractivity contribution in [1.82, 2.24) is 34.9 Å². The number of benzene rings is 1. The zero-order valence-corrected chi connectivity index (χ0v) is 19.7. The van der Waals surface area contributed by atoms with E-state index in [1.165, 1.54) is 24.0 Å². The van der Waals surface area contributed by atoms with Crippen LogP contribution in [0.5, 0.6) is 0 Å². The summed E-state index contributed by atoms with van der Waals surface area (Å²) in [7, 11) is 2.05. The van der Waals surface area contributed by atoms with Crippen molar-refractivity contribution in [3.8, 4) is 0 Å². The molecular weight excluding hydrogens is 414 g/mol. The van der Waals surface area contributed by atoms with E-state index < -0.39 is 0 Å². The normalized spacial score (nSPS) is 21.3. The Hall–Kier alpha value is -3.20. The van der Waals surface area contributed by atoms with Crippen LogP contribution in [0.2, 0.25) is 0 Å². The number of aromatic amines is 1. The number of aryl methyl sites for hydroxylation is 1. The van der Waals surface area contributed by atoms with Crippen molar-refractivity contribution in [3.63, 3.8) is 0 Å². The summed E-state index contributed by atoms with van der Waals surface area (Å²) in [6.07, 6.45) is 4.41. The van der Waals surface area contributed by atoms with Gasteiger partial charge in [0.15, 0.2) is 5.65 Å². The number of fused-ring (bicyclic) bond motifs is 2. The Bertz CT molecular complexity index is 1310. The van der Waals surface area contributed by atoms with E-state index in [9.17, 15) is 0 Å². The van der Waals surface area contributed by atoms with Gasteiger partial charge in [-0.15, -0.1) is 0 Å². The summed E-state index contributed by atoms with van der Waals surface area (Å²) in [4.78, 5) is 22.7. The van der Waals surface area contributed by atoms with Crippen LogP contribution in [0.3, 0.4) is 0 Å². The highest BCUT2D eigenvalue weighted by atomic mass is 15.4. The Morgan fingerprint density at radius 3 is 2.64 bits per heavy atom. The van der Waals surface area contributed by atoms with E-state index in [0.717, 1.165) is 47.5 Å². The van der Waals surface area contributed by atoms with E-state index in [0.29, 0.717) is 24.5 Å². The molecule has 2 fully saturated rings. The molecule has 4 aromatic rings. The minimum Gasteiger partial charge on any atom is -0.340 e. The molecule has 2 atom stereocenters. The minimum absolute atomic E-state index is 0.390. The molecule has 2 N–H and O–H groups in total. The van der Waals surface area contributed by atoms with E-state index >= 15 is 0 Å². The van der Waals surface area contributed by atoms with Gasteiger partial charge < -0.3 is 20.1 Å². The molecule has 1 aliphatic heterocycles. The van der Waals surface area contributed by atoms with E-state index in [2.05, 4.69) is 59.1 Å². The van der Waals surface area contributed by atoms with Crippen molar-refractivity contribution < 1.29 is 0 Å². The second-order valence-electron chi connectivity index (χ2n) is 9.87. The summed E-state index contributed by atoms with van der Waals surface area (Å²) < 4.78 is 1.90. The quantitative estimate of drug-likeness (QED) is 0.488. The lowest BCUT2D eigenvalue weighted by Crippen LogP contribution is -2.54. The van der Waals surface area contributed by atoms with Crippen LogP contribution in [-0.4, -0.2) is 61.8 Å². The highest BCUT2D eigenvalue weighted by Gasteiger charge is 2.30. The summed E-state index contributed by atoms with van der Waals surface area (Å²) >= 11 is 0. The van der Waals surface area contributed by atoms with Gasteiger partial charge in [0.2, 0.25) is 11.9 Å². The largest absolute Gasteiger partial charge is 0.340 e. The zero-order valence-electron chi connectivity index (χ0n) is 19.7. The number of aromatic nitrogens is 6. The van der Waals surface area contributed by atoms with Crippen molar-refractivity contribution in [1.29, 1.82) is 0 Å². The van der Waals surface area contributed by atoms with Gasteiger partial charge in [-0.1, -0.05) is 6.07 Å². The third-order valence-corrected chi connectivity index (χ3v) is 6.64. The second-order valence-corrected chi connectivity index (χ2v) is 9.87. The van der Waals surface area contributed by atoms with Gasteiger partial charge >= 0.3 is 0 Å². The molecule has 9 nitrogen and oxygen atoms in total. The molecule has 4 heterocycles. The number of nitrogens with one attached hydrogen (secondary N) is 2. The van der Waals surface area contributed by atoms with Crippen LogP contribution < -0.4 is 15.1 Å². The maximum absolute atomic E-state index is 5.02. The summed E-state index contributed by atoms with van der Waals surface area (Å²) in [6, 6.07) is 7.07. The van der Waals surface area contributed by atoms with E-state index in [4.69, 9.17) is 20.1 Å². The fourth-order valence-corrected chi connectivity index (χ4v) is 4.98. The average molecular weight is 446 g/mol. The maximum atomic E-state index is 5.02. The van der Waals surface area contributed by atoms with Crippen molar-refractivity contribution in [2.75, 3.05) is 29.9 Å². The Morgan fingerprint density at radius 1 is 1.09 bits per heavy atom. The van der Waals surface area contributed by atoms with Gasteiger partial charge in [0.05, 0.1) is 23.8 Å². The number of hydrogen-bond acceptors (Lipinski definition) is 7. The molecule has 9 heteroatoms. The van der Waals surface area contributed by atoms with Crippen LogP contribution in [0.15, 0.2) is 24.4 Å². The molecule has 0 amide bonds. The Kier molecular flexibility index (Phi) is 4.76. The highest BCUT2D eigenvalue weighted by Crippen LogP contribution is 2.42. The molecule has 172 valence electrons. The Labute approximate surface area is 193 Å². The van der Waals surface area contributed by atoms with Crippen molar-refractivity contribution in [3.05, 3.63) is 41.3 Å². The highest BCUT2D eigenvalue weighted by molar-refractivity contribution is 5.75. The van der Waals surface area contributed by atoms with Gasteiger partial charge in [0.25, 0.3) is 0 Å². The van der Waals surface area contributed by atoms with Crippen molar-refractivity contribution >= 4 is 28.6 Å². The summed E-state index contributed by atoms with van der Waals surface area (Å²) in [6.45, 7) is 8.90. The monoisotopic (exact) mass is 445 g/mol. The molecule has 6 rings (SSSR count). The van der Waals surface area contributed by atoms with E-state index in [-0.39, 0.29) is 0 Å². The Balaban J connectivity index is 1.39. The minimum atomic E-state index is 0.390. The fraction of sp³-hybridized carbons (Fsp3) is 0.500. The standard InChI is InChI=1S/C24H31N9/c1-14-5-8-19-20(9-14)28-21(27-19)13-31(4)24-30-23(32-11-15(2)26-16(3)12-32)29-22-18(17-6-7-17)10-25-33(22)24/h5,8-10,15-17,26H,6-7,11-13H2,1-4H3,(H,27,28). The Morgan fingerprint density at radius 2 is 1.88 bits per heavy atom. The second kappa shape index (κ2) is 7.69. The average Bonchev–Trinajstić information content (AvgIpc) is 3.40. The first-order valence-corrected chi connectivity index (χ1v) is 11.9. The third-order valence-electron chi connectivity index (χ3n) is 6.64. The molecular formula is C24H31N9. The number of imidazole rings is 1. The SMILES string of the molecule is Cc1ccc2nc(CN(C)c3nc(N4CC(C)NC(C)C4)nc4c(C5CC5)cnn34)[nH]c2c1. The van der Waals surface area contributed by atoms with E-state index in [1.54, 1.807) is 0 Å². The summed E-state index contributed by atoms with van der Waals surface area (Å²) in [5.41, 5.74) is 5.44.